The molecule has 4 aliphatic heterocycles. The van der Waals surface area contributed by atoms with Crippen LogP contribution in [0.5, 0.6) is 5.75 Å². The number of carbonyl (C=O) groups excluding carboxylic acids is 2. The number of amides is 2. The van der Waals surface area contributed by atoms with Crippen molar-refractivity contribution in [3.63, 3.8) is 0 Å². The lowest BCUT2D eigenvalue weighted by atomic mass is 9.92. The van der Waals surface area contributed by atoms with E-state index in [1.54, 1.807) is 19.3 Å². The van der Waals surface area contributed by atoms with Crippen LogP contribution in [0, 0.1) is 11.8 Å². The molecule has 5 aromatic rings. The second-order valence-electron chi connectivity index (χ2n) is 18.2. The zero-order chi connectivity index (χ0) is 43.9. The lowest BCUT2D eigenvalue weighted by Crippen LogP contribution is -2.58. The summed E-state index contributed by atoms with van der Waals surface area (Å²) < 4.78 is 39.3. The van der Waals surface area contributed by atoms with E-state index < -0.39 is 30.0 Å². The first-order chi connectivity index (χ1) is 30.2. The van der Waals surface area contributed by atoms with E-state index in [0.29, 0.717) is 65.0 Å². The Hall–Kier alpha value is -5.55. The Morgan fingerprint density at radius 1 is 0.984 bits per heavy atom. The number of aryl methyl sites for hydroxylation is 2. The third kappa shape index (κ3) is 7.59. The van der Waals surface area contributed by atoms with Crippen molar-refractivity contribution in [1.82, 2.24) is 34.5 Å². The molecule has 3 N–H and O–H groups in total. The summed E-state index contributed by atoms with van der Waals surface area (Å²) in [6, 6.07) is 10.8. The van der Waals surface area contributed by atoms with E-state index in [9.17, 15) is 14.4 Å². The van der Waals surface area contributed by atoms with Gasteiger partial charge < -0.3 is 29.7 Å². The van der Waals surface area contributed by atoms with Crippen molar-refractivity contribution < 1.29 is 23.1 Å². The number of para-hydroxylation sites is 1. The Balaban J connectivity index is 0.805. The van der Waals surface area contributed by atoms with Gasteiger partial charge in [0, 0.05) is 81.8 Å². The molecular formula is C45H52ClF2N11O4. The number of hydrogen-bond acceptors (Lipinski definition) is 12. The minimum Gasteiger partial charge on any atom is -0.480 e. The number of carbonyl (C=O) groups is 2. The number of benzene rings is 2. The second-order valence-corrected chi connectivity index (χ2v) is 18.6. The summed E-state index contributed by atoms with van der Waals surface area (Å²) in [5.74, 6) is -2.88. The number of fused-ring (bicyclic) bond motifs is 4. The van der Waals surface area contributed by atoms with Gasteiger partial charge in [0.1, 0.15) is 5.02 Å². The number of hydrogen-bond donors (Lipinski definition) is 3. The highest BCUT2D eigenvalue weighted by atomic mass is 35.5. The van der Waals surface area contributed by atoms with Crippen LogP contribution in [0.15, 0.2) is 47.4 Å². The quantitative estimate of drug-likeness (QED) is 0.153. The Morgan fingerprint density at radius 2 is 1.78 bits per heavy atom. The summed E-state index contributed by atoms with van der Waals surface area (Å²) in [5, 5.41) is 15.5. The van der Waals surface area contributed by atoms with Crippen molar-refractivity contribution in [2.75, 3.05) is 59.8 Å². The van der Waals surface area contributed by atoms with Crippen LogP contribution in [0.25, 0.3) is 21.8 Å². The van der Waals surface area contributed by atoms with Gasteiger partial charge in [0.15, 0.2) is 12.4 Å². The monoisotopic (exact) mass is 883 g/mol. The summed E-state index contributed by atoms with van der Waals surface area (Å²) in [6.45, 7) is 7.98. The molecule has 10 rings (SSSR count). The van der Waals surface area contributed by atoms with Gasteiger partial charge in [0.25, 0.3) is 5.56 Å². The number of anilines is 5. The predicted molar refractivity (Wildman–Crippen MR) is 239 cm³/mol. The Bertz CT molecular complexity index is 2700. The average molecular weight is 884 g/mol. The van der Waals surface area contributed by atoms with Crippen molar-refractivity contribution in [2.24, 2.45) is 25.9 Å². The number of nitrogens with one attached hydrogen (secondary N) is 3. The van der Waals surface area contributed by atoms with E-state index in [4.69, 9.17) is 26.4 Å². The third-order valence-electron chi connectivity index (χ3n) is 13.9. The maximum absolute atomic E-state index is 15.2. The van der Waals surface area contributed by atoms with Crippen LogP contribution in [0.2, 0.25) is 5.02 Å². The molecule has 2 aromatic carbocycles. The van der Waals surface area contributed by atoms with E-state index in [1.165, 1.54) is 4.57 Å². The molecule has 2 unspecified atom stereocenters. The molecule has 332 valence electrons. The Kier molecular flexibility index (Phi) is 10.5. The average Bonchev–Trinajstić information content (AvgIpc) is 4.06. The number of imide groups is 1. The molecule has 63 heavy (non-hydrogen) atoms. The Morgan fingerprint density at radius 3 is 2.54 bits per heavy atom. The molecule has 4 atom stereocenters. The smallest absolute Gasteiger partial charge is 0.301 e. The second kappa shape index (κ2) is 15.9. The molecule has 4 fully saturated rings. The summed E-state index contributed by atoms with van der Waals surface area (Å²) >= 11 is 6.70. The molecule has 0 spiro atoms. The fourth-order valence-electron chi connectivity index (χ4n) is 10.2. The molecule has 5 aliphatic rings. The van der Waals surface area contributed by atoms with E-state index in [0.717, 1.165) is 67.8 Å². The molecule has 7 heterocycles. The summed E-state index contributed by atoms with van der Waals surface area (Å²) in [4.78, 5) is 54.7. The standard InChI is InChI=1S/C45H52ClF2N11O4/c1-24-21-59(25(2)20-58(24)22-26-14-16-57(17-15-26)34-7-5-6-29-36(54-56(4)38(29)34)30-11-13-35(60)51-42(30)61)44-49-19-32(46)41(53-44)50-28-10-12-33-31(18-28)37-39(43(62)55(33)3)63-23-45(47,48)40(52-37)27-8-9-27/h5-7,10,12,18-19,24-27,30,40,52H,8-9,11,13-17,20-23H2,1-4H3,(H,49,50,53)(H,51,60,61)/t24-,25+,30?,40?/m0/s1. The lowest BCUT2D eigenvalue weighted by molar-refractivity contribution is -0.134. The van der Waals surface area contributed by atoms with Gasteiger partial charge >= 0.3 is 5.92 Å². The van der Waals surface area contributed by atoms with Gasteiger partial charge in [-0.25, -0.2) is 13.8 Å². The summed E-state index contributed by atoms with van der Waals surface area (Å²) in [5.41, 5.74) is 3.85. The number of piperazine rings is 1. The maximum Gasteiger partial charge on any atom is 0.301 e. The highest BCUT2D eigenvalue weighted by molar-refractivity contribution is 6.33. The number of nitrogens with zero attached hydrogens (tertiary/aromatic N) is 8. The minimum atomic E-state index is -3.14. The van der Waals surface area contributed by atoms with Gasteiger partial charge in [-0.05, 0) is 82.1 Å². The molecule has 2 amide bonds. The highest BCUT2D eigenvalue weighted by Gasteiger charge is 2.51. The predicted octanol–water partition coefficient (Wildman–Crippen LogP) is 6.17. The zero-order valence-corrected chi connectivity index (χ0v) is 36.6. The van der Waals surface area contributed by atoms with Crippen molar-refractivity contribution >= 4 is 74.0 Å². The topological polar surface area (TPSA) is 155 Å². The number of alkyl halides is 2. The van der Waals surface area contributed by atoms with Gasteiger partial charge in [0.2, 0.25) is 23.5 Å². The normalized spacial score (nSPS) is 24.5. The lowest BCUT2D eigenvalue weighted by Gasteiger charge is -2.46. The van der Waals surface area contributed by atoms with Crippen LogP contribution in [0.4, 0.5) is 37.6 Å². The molecule has 0 bridgehead atoms. The third-order valence-corrected chi connectivity index (χ3v) is 14.1. The van der Waals surface area contributed by atoms with Gasteiger partial charge in [-0.2, -0.15) is 10.1 Å². The minimum absolute atomic E-state index is 0.109. The van der Waals surface area contributed by atoms with Crippen molar-refractivity contribution in [2.45, 2.75) is 82.3 Å². The first kappa shape index (κ1) is 41.5. The molecule has 3 saturated heterocycles. The van der Waals surface area contributed by atoms with E-state index in [-0.39, 0.29) is 41.3 Å². The van der Waals surface area contributed by atoms with E-state index >= 15 is 8.78 Å². The Labute approximate surface area is 368 Å². The van der Waals surface area contributed by atoms with Gasteiger partial charge in [-0.3, -0.25) is 29.3 Å². The number of aromatic nitrogens is 5. The fourth-order valence-corrected chi connectivity index (χ4v) is 10.4. The number of piperidine rings is 2. The SMILES string of the molecule is C[C@@H]1CN(CC2CCN(c3cccc4c(C5CCC(=O)NC5=O)nn(C)c34)CC2)[C@@H](C)CN1c1ncc(Cl)c(Nc2ccc3c(c2)c2c(c(=O)n3C)OCC(F)(F)C(C3CC3)N2)n1. The molecule has 1 aliphatic carbocycles. The van der Waals surface area contributed by atoms with Crippen molar-refractivity contribution in [3.05, 3.63) is 63.7 Å². The molecular weight excluding hydrogens is 832 g/mol. The first-order valence-corrected chi connectivity index (χ1v) is 22.4. The van der Waals surface area contributed by atoms with E-state index in [2.05, 4.69) is 55.5 Å². The number of pyridine rings is 1. The van der Waals surface area contributed by atoms with Crippen molar-refractivity contribution in [3.8, 4) is 5.75 Å². The number of ether oxygens (including phenoxy) is 1. The number of rotatable bonds is 8. The summed E-state index contributed by atoms with van der Waals surface area (Å²) in [6.07, 6.45) is 5.88. The molecule has 3 aromatic heterocycles. The maximum atomic E-state index is 15.2. The largest absolute Gasteiger partial charge is 0.480 e. The molecule has 0 radical (unpaired) electrons. The van der Waals surface area contributed by atoms with Crippen LogP contribution >= 0.6 is 11.6 Å². The first-order valence-electron chi connectivity index (χ1n) is 22.0. The van der Waals surface area contributed by atoms with Crippen LogP contribution < -0.4 is 36.0 Å². The van der Waals surface area contributed by atoms with Crippen LogP contribution in [-0.2, 0) is 23.7 Å². The van der Waals surface area contributed by atoms with Crippen LogP contribution in [0.3, 0.4) is 0 Å². The van der Waals surface area contributed by atoms with Crippen LogP contribution in [0.1, 0.15) is 64.0 Å². The van der Waals surface area contributed by atoms with Crippen molar-refractivity contribution in [1.29, 1.82) is 0 Å². The number of halogens is 3. The van der Waals surface area contributed by atoms with E-state index in [1.807, 2.05) is 36.0 Å². The van der Waals surface area contributed by atoms with Crippen LogP contribution in [-0.4, -0.2) is 104 Å². The fraction of sp³-hybridized carbons (Fsp3) is 0.511. The van der Waals surface area contributed by atoms with Gasteiger partial charge in [-0.1, -0.05) is 23.7 Å². The highest BCUT2D eigenvalue weighted by Crippen LogP contribution is 2.46. The van der Waals surface area contributed by atoms with Gasteiger partial charge in [0.05, 0.1) is 46.3 Å². The molecule has 15 nitrogen and oxygen atoms in total. The van der Waals surface area contributed by atoms with Gasteiger partial charge in [-0.15, -0.1) is 0 Å². The molecule has 18 heteroatoms. The zero-order valence-electron chi connectivity index (χ0n) is 35.8. The summed E-state index contributed by atoms with van der Waals surface area (Å²) in [7, 11) is 3.54. The molecule has 1 saturated carbocycles.